The van der Waals surface area contributed by atoms with Crippen molar-refractivity contribution in [1.82, 2.24) is 14.8 Å². The van der Waals surface area contributed by atoms with E-state index in [0.29, 0.717) is 23.3 Å². The van der Waals surface area contributed by atoms with E-state index in [-0.39, 0.29) is 5.75 Å². The topological polar surface area (TPSA) is 39.9 Å². The number of thiocarbonyl (C=S) groups is 1. The summed E-state index contributed by atoms with van der Waals surface area (Å²) in [4.78, 5) is 5.49. The first-order valence-corrected chi connectivity index (χ1v) is 12.5. The van der Waals surface area contributed by atoms with Crippen LogP contribution < -0.4 is 4.74 Å². The van der Waals surface area contributed by atoms with E-state index in [4.69, 9.17) is 12.2 Å². The Balaban J connectivity index is 1.18. The van der Waals surface area contributed by atoms with Crippen molar-refractivity contribution in [3.63, 3.8) is 0 Å². The van der Waals surface area contributed by atoms with Crippen LogP contribution in [0.15, 0.2) is 73.1 Å². The Morgan fingerprint density at radius 1 is 1.00 bits per heavy atom. The minimum absolute atomic E-state index is 0.281. The third kappa shape index (κ3) is 6.07. The zero-order chi connectivity index (χ0) is 26.2. The molecule has 2 unspecified atom stereocenters. The normalized spacial score (nSPS) is 17.0. The molecule has 1 fully saturated rings. The van der Waals surface area contributed by atoms with Crippen LogP contribution in [0.3, 0.4) is 0 Å². The molecule has 0 amide bonds. The second kappa shape index (κ2) is 10.1. The fourth-order valence-corrected chi connectivity index (χ4v) is 5.13. The number of ether oxygens (including phenoxy) is 1. The number of aryl methyl sites for hydroxylation is 2. The van der Waals surface area contributed by atoms with Gasteiger partial charge in [0.1, 0.15) is 12.1 Å². The molecule has 190 valence electrons. The summed E-state index contributed by atoms with van der Waals surface area (Å²) in [6, 6.07) is 20.2. The molecule has 3 aromatic carbocycles. The average Bonchev–Trinajstić information content (AvgIpc) is 3.43. The molecule has 0 N–H and O–H groups in total. The van der Waals surface area contributed by atoms with E-state index < -0.39 is 6.36 Å². The van der Waals surface area contributed by atoms with Crippen molar-refractivity contribution in [3.8, 4) is 22.8 Å². The summed E-state index contributed by atoms with van der Waals surface area (Å²) in [5, 5.41) is 4.48. The lowest BCUT2D eigenvalue weighted by molar-refractivity contribution is -0.274. The molecular weight excluding hydrogens is 495 g/mol. The monoisotopic (exact) mass is 521 g/mol. The van der Waals surface area contributed by atoms with Crippen LogP contribution in [0.4, 0.5) is 13.2 Å². The van der Waals surface area contributed by atoms with E-state index >= 15 is 0 Å². The number of benzene rings is 3. The Hall–Kier alpha value is -3.52. The predicted octanol–water partition coefficient (Wildman–Crippen LogP) is 7.56. The van der Waals surface area contributed by atoms with Gasteiger partial charge >= 0.3 is 6.36 Å². The van der Waals surface area contributed by atoms with E-state index in [0.717, 1.165) is 29.7 Å². The van der Waals surface area contributed by atoms with Crippen molar-refractivity contribution in [2.45, 2.75) is 45.4 Å². The Labute approximate surface area is 219 Å². The van der Waals surface area contributed by atoms with Crippen molar-refractivity contribution in [3.05, 3.63) is 95.3 Å². The Kier molecular flexibility index (Phi) is 6.86. The number of halogens is 3. The van der Waals surface area contributed by atoms with Crippen LogP contribution >= 0.6 is 12.2 Å². The van der Waals surface area contributed by atoms with Gasteiger partial charge in [-0.3, -0.25) is 0 Å². The summed E-state index contributed by atoms with van der Waals surface area (Å²) in [6.07, 6.45) is -0.207. The molecule has 8 heteroatoms. The first kappa shape index (κ1) is 25.1. The van der Waals surface area contributed by atoms with Gasteiger partial charge in [0.25, 0.3) is 0 Å². The van der Waals surface area contributed by atoms with Crippen LogP contribution in [-0.4, -0.2) is 26.0 Å². The van der Waals surface area contributed by atoms with E-state index in [1.807, 2.05) is 12.1 Å². The highest BCUT2D eigenvalue weighted by Gasteiger charge is 2.38. The highest BCUT2D eigenvalue weighted by Crippen LogP contribution is 2.50. The molecule has 4 aromatic rings. The van der Waals surface area contributed by atoms with Crippen LogP contribution in [0.25, 0.3) is 17.1 Å². The van der Waals surface area contributed by atoms with E-state index in [1.165, 1.54) is 57.5 Å². The zero-order valence-corrected chi connectivity index (χ0v) is 21.3. The third-order valence-electron chi connectivity index (χ3n) is 6.85. The number of hydrogen-bond donors (Lipinski definition) is 0. The molecule has 5 rings (SSSR count). The molecule has 1 aromatic heterocycles. The van der Waals surface area contributed by atoms with Crippen molar-refractivity contribution >= 4 is 17.1 Å². The van der Waals surface area contributed by atoms with Gasteiger partial charge in [-0.25, -0.2) is 9.67 Å². The molecule has 0 saturated heterocycles. The molecular formula is C29H26F3N3OS. The standard InChI is InChI=1S/C29H26F3N3OS/c1-18-4-3-5-19(2)26(18)16-25(37)14-22-15-27(22)20-6-8-21(9-7-20)28-33-17-35(34-28)23-10-12-24(13-11-23)36-29(30,31)32/h3-13,17,22,27H,14-16H2,1-2H3. The molecule has 1 heterocycles. The van der Waals surface area contributed by atoms with Gasteiger partial charge in [0.2, 0.25) is 0 Å². The molecule has 37 heavy (non-hydrogen) atoms. The van der Waals surface area contributed by atoms with Gasteiger partial charge in [0, 0.05) is 12.0 Å². The lowest BCUT2D eigenvalue weighted by Gasteiger charge is -2.10. The van der Waals surface area contributed by atoms with Gasteiger partial charge in [0.05, 0.1) is 5.69 Å². The van der Waals surface area contributed by atoms with Crippen LogP contribution in [0, 0.1) is 19.8 Å². The van der Waals surface area contributed by atoms with Crippen LogP contribution in [0.2, 0.25) is 0 Å². The number of hydrogen-bond acceptors (Lipinski definition) is 4. The minimum atomic E-state index is -4.72. The minimum Gasteiger partial charge on any atom is -0.406 e. The Morgan fingerprint density at radius 3 is 2.32 bits per heavy atom. The van der Waals surface area contributed by atoms with E-state index in [9.17, 15) is 13.2 Å². The molecule has 0 radical (unpaired) electrons. The van der Waals surface area contributed by atoms with Crippen LogP contribution in [0.5, 0.6) is 5.75 Å². The van der Waals surface area contributed by atoms with Gasteiger partial charge in [-0.05, 0) is 89.9 Å². The molecule has 1 aliphatic carbocycles. The average molecular weight is 522 g/mol. The highest BCUT2D eigenvalue weighted by atomic mass is 32.1. The molecule has 1 aliphatic rings. The van der Waals surface area contributed by atoms with Gasteiger partial charge < -0.3 is 4.74 Å². The zero-order valence-electron chi connectivity index (χ0n) is 20.5. The third-order valence-corrected chi connectivity index (χ3v) is 7.17. The lowest BCUT2D eigenvalue weighted by atomic mass is 9.96. The summed E-state index contributed by atoms with van der Waals surface area (Å²) in [6.45, 7) is 4.29. The smallest absolute Gasteiger partial charge is 0.406 e. The maximum Gasteiger partial charge on any atom is 0.573 e. The number of aromatic nitrogens is 3. The van der Waals surface area contributed by atoms with Crippen molar-refractivity contribution in [2.75, 3.05) is 0 Å². The summed E-state index contributed by atoms with van der Waals surface area (Å²) in [7, 11) is 0. The maximum absolute atomic E-state index is 12.4. The van der Waals surface area contributed by atoms with Gasteiger partial charge in [0.15, 0.2) is 5.82 Å². The highest BCUT2D eigenvalue weighted by molar-refractivity contribution is 7.80. The molecule has 0 spiro atoms. The Morgan fingerprint density at radius 2 is 1.68 bits per heavy atom. The second-order valence-corrected chi connectivity index (χ2v) is 10.1. The SMILES string of the molecule is Cc1cccc(C)c1CC(=S)CC1CC1c1ccc(-c2ncn(-c3ccc(OC(F)(F)F)cc3)n2)cc1. The van der Waals surface area contributed by atoms with Crippen molar-refractivity contribution < 1.29 is 17.9 Å². The molecule has 1 saturated carbocycles. The van der Waals surface area contributed by atoms with Gasteiger partial charge in [-0.1, -0.05) is 54.7 Å². The molecule has 0 aliphatic heterocycles. The van der Waals surface area contributed by atoms with Crippen LogP contribution in [0.1, 0.15) is 41.0 Å². The number of alkyl halides is 3. The first-order chi connectivity index (χ1) is 17.7. The number of nitrogens with zero attached hydrogens (tertiary/aromatic N) is 3. The molecule has 2 atom stereocenters. The molecule has 4 nitrogen and oxygen atoms in total. The van der Waals surface area contributed by atoms with Gasteiger partial charge in [-0.2, -0.15) is 0 Å². The molecule has 0 bridgehead atoms. The number of rotatable bonds is 8. The fraction of sp³-hybridized carbons (Fsp3) is 0.276. The van der Waals surface area contributed by atoms with Crippen molar-refractivity contribution in [1.29, 1.82) is 0 Å². The van der Waals surface area contributed by atoms with Crippen molar-refractivity contribution in [2.24, 2.45) is 5.92 Å². The van der Waals surface area contributed by atoms with E-state index in [1.54, 1.807) is 0 Å². The lowest BCUT2D eigenvalue weighted by Crippen LogP contribution is -2.17. The summed E-state index contributed by atoms with van der Waals surface area (Å²) in [5.74, 6) is 1.37. The predicted molar refractivity (Wildman–Crippen MR) is 141 cm³/mol. The maximum atomic E-state index is 12.4. The first-order valence-electron chi connectivity index (χ1n) is 12.1. The summed E-state index contributed by atoms with van der Waals surface area (Å²) in [5.41, 5.74) is 6.71. The van der Waals surface area contributed by atoms with Gasteiger partial charge in [-0.15, -0.1) is 18.3 Å². The Bertz CT molecular complexity index is 1390. The second-order valence-electron chi connectivity index (χ2n) is 9.57. The quantitative estimate of drug-likeness (QED) is 0.224. The largest absolute Gasteiger partial charge is 0.573 e. The fourth-order valence-electron chi connectivity index (χ4n) is 4.77. The van der Waals surface area contributed by atoms with E-state index in [2.05, 4.69) is 59.0 Å². The summed E-state index contributed by atoms with van der Waals surface area (Å²) >= 11 is 5.76. The van der Waals surface area contributed by atoms with Crippen LogP contribution in [-0.2, 0) is 6.42 Å². The summed E-state index contributed by atoms with van der Waals surface area (Å²) < 4.78 is 42.5.